The van der Waals surface area contributed by atoms with E-state index in [1.54, 1.807) is 41.5 Å². The Morgan fingerprint density at radius 1 is 0.633 bits per heavy atom. The Labute approximate surface area is 339 Å². The van der Waals surface area contributed by atoms with Crippen LogP contribution in [0.25, 0.3) is 0 Å². The van der Waals surface area contributed by atoms with E-state index >= 15 is 0 Å². The third kappa shape index (κ3) is 11.5. The molecule has 3 aromatic rings. The highest BCUT2D eigenvalue weighted by molar-refractivity contribution is 6.08. The molecule has 22 heteroatoms. The maximum Gasteiger partial charge on any atom is 0.416 e. The Kier molecular flexibility index (Phi) is 12.6. The molecule has 2 saturated heterocycles. The number of halogens is 6. The van der Waals surface area contributed by atoms with Gasteiger partial charge < -0.3 is 50.8 Å². The highest BCUT2D eigenvalue weighted by Crippen LogP contribution is 2.42. The van der Waals surface area contributed by atoms with Gasteiger partial charge in [-0.2, -0.15) is 26.3 Å². The number of ether oxygens (including phenoxy) is 4. The first-order valence-electron chi connectivity index (χ1n) is 18.4. The summed E-state index contributed by atoms with van der Waals surface area (Å²) in [6.45, 7) is 10.4. The summed E-state index contributed by atoms with van der Waals surface area (Å²) in [6.07, 6.45) is -11.3. The molecular formula is C38H44F6N8O8. The van der Waals surface area contributed by atoms with E-state index in [0.717, 1.165) is 12.4 Å². The van der Waals surface area contributed by atoms with Crippen molar-refractivity contribution < 1.29 is 64.5 Å². The highest BCUT2D eigenvalue weighted by Gasteiger charge is 2.37. The van der Waals surface area contributed by atoms with Crippen LogP contribution >= 0.6 is 0 Å². The van der Waals surface area contributed by atoms with Crippen LogP contribution in [0.5, 0.6) is 11.5 Å². The molecular weight excluding hydrogens is 810 g/mol. The van der Waals surface area contributed by atoms with Gasteiger partial charge in [-0.05, 0) is 65.8 Å². The van der Waals surface area contributed by atoms with E-state index in [2.05, 4.69) is 20.6 Å². The van der Waals surface area contributed by atoms with Crippen molar-refractivity contribution in [3.05, 3.63) is 59.2 Å². The van der Waals surface area contributed by atoms with Gasteiger partial charge >= 0.3 is 24.5 Å². The first-order valence-corrected chi connectivity index (χ1v) is 18.4. The summed E-state index contributed by atoms with van der Waals surface area (Å²) in [5.74, 6) is -2.99. The number of likely N-dealkylation sites (tertiary alicyclic amines) is 2. The Hall–Kier alpha value is -6.22. The number of carbonyl (C=O) groups is 4. The number of nitrogen functional groups attached to an aromatic ring is 2. The summed E-state index contributed by atoms with van der Waals surface area (Å²) in [7, 11) is 0. The second kappa shape index (κ2) is 16.8. The van der Waals surface area contributed by atoms with Gasteiger partial charge in [0.1, 0.15) is 41.1 Å². The predicted octanol–water partition coefficient (Wildman–Crippen LogP) is 6.96. The number of anilines is 4. The molecule has 5 rings (SSSR count). The maximum absolute atomic E-state index is 13.9. The molecule has 2 aliphatic rings. The lowest BCUT2D eigenvalue weighted by atomic mass is 10.1. The summed E-state index contributed by atoms with van der Waals surface area (Å²) >= 11 is 0. The van der Waals surface area contributed by atoms with Crippen molar-refractivity contribution in [1.82, 2.24) is 19.8 Å². The fourth-order valence-electron chi connectivity index (χ4n) is 6.02. The molecule has 0 spiro atoms. The van der Waals surface area contributed by atoms with Crippen LogP contribution in [0, 0.1) is 0 Å². The Balaban J connectivity index is 1.37. The van der Waals surface area contributed by atoms with Crippen LogP contribution in [-0.4, -0.2) is 93.4 Å². The van der Waals surface area contributed by atoms with Gasteiger partial charge in [-0.25, -0.2) is 19.6 Å². The molecule has 16 nitrogen and oxygen atoms in total. The number of nitrogens with one attached hydrogen (secondary N) is 2. The average Bonchev–Trinajstić information content (AvgIpc) is 3.79. The third-order valence-corrected chi connectivity index (χ3v) is 8.68. The standard InChI is InChI=1S/C38H44F6N8O8/c1-35(2,3)59-33(55)51-9-7-21(16-51)57-29-23(45)11-19(37(39,40)41)13-25(29)49-31(53)27-15-28(48-18-47-27)32(54)50-26-14-20(38(42,43)44)12-24(46)30(26)58-22-8-10-52(17-22)34(56)60-36(4,5)6/h11-15,18,21-22H,7-10,16-17,45-46H2,1-6H3,(H,49,53)(H,50,54). The van der Waals surface area contributed by atoms with Gasteiger partial charge in [0, 0.05) is 32.0 Å². The monoisotopic (exact) mass is 854 g/mol. The maximum atomic E-state index is 13.9. The van der Waals surface area contributed by atoms with Gasteiger partial charge in [0.25, 0.3) is 11.8 Å². The molecule has 2 aromatic carbocycles. The summed E-state index contributed by atoms with van der Waals surface area (Å²) < 4.78 is 106. The van der Waals surface area contributed by atoms with Crippen molar-refractivity contribution in [2.75, 3.05) is 48.3 Å². The topological polar surface area (TPSA) is 214 Å². The van der Waals surface area contributed by atoms with Crippen molar-refractivity contribution in [3.63, 3.8) is 0 Å². The van der Waals surface area contributed by atoms with E-state index in [4.69, 9.17) is 30.4 Å². The fraction of sp³-hybridized carbons (Fsp3) is 0.474. The molecule has 0 radical (unpaired) electrons. The molecule has 60 heavy (non-hydrogen) atoms. The number of hydrogen-bond acceptors (Lipinski definition) is 12. The minimum atomic E-state index is -4.90. The molecule has 2 aliphatic heterocycles. The number of carbonyl (C=O) groups excluding carboxylic acids is 4. The molecule has 2 atom stereocenters. The zero-order valence-electron chi connectivity index (χ0n) is 33.3. The van der Waals surface area contributed by atoms with E-state index in [0.29, 0.717) is 24.3 Å². The van der Waals surface area contributed by atoms with Crippen LogP contribution in [0.1, 0.15) is 86.5 Å². The number of amides is 4. The fourth-order valence-corrected chi connectivity index (χ4v) is 6.02. The first-order chi connectivity index (χ1) is 27.7. The average molecular weight is 855 g/mol. The molecule has 6 N–H and O–H groups in total. The van der Waals surface area contributed by atoms with Gasteiger partial charge in [-0.3, -0.25) is 9.59 Å². The number of aromatic nitrogens is 2. The van der Waals surface area contributed by atoms with E-state index in [9.17, 15) is 45.5 Å². The molecule has 3 heterocycles. The number of benzene rings is 2. The van der Waals surface area contributed by atoms with Crippen LogP contribution < -0.4 is 31.6 Å². The number of nitrogens with two attached hydrogens (primary N) is 2. The molecule has 2 fully saturated rings. The summed E-state index contributed by atoms with van der Waals surface area (Å²) in [4.78, 5) is 62.5. The van der Waals surface area contributed by atoms with Crippen molar-refractivity contribution in [3.8, 4) is 11.5 Å². The van der Waals surface area contributed by atoms with Crippen LogP contribution in [0.3, 0.4) is 0 Å². The molecule has 1 aromatic heterocycles. The Morgan fingerprint density at radius 2 is 1.00 bits per heavy atom. The number of rotatable bonds is 8. The number of nitrogens with zero attached hydrogens (tertiary/aromatic N) is 4. The molecule has 4 amide bonds. The smallest absolute Gasteiger partial charge is 0.416 e. The minimum Gasteiger partial charge on any atom is -0.484 e. The summed E-state index contributed by atoms with van der Waals surface area (Å²) in [6, 6.07) is 3.22. The van der Waals surface area contributed by atoms with E-state index in [1.807, 2.05) is 0 Å². The van der Waals surface area contributed by atoms with Crippen molar-refractivity contribution in [2.24, 2.45) is 0 Å². The Morgan fingerprint density at radius 3 is 1.33 bits per heavy atom. The van der Waals surface area contributed by atoms with Gasteiger partial charge in [-0.15, -0.1) is 0 Å². The van der Waals surface area contributed by atoms with Gasteiger partial charge in [0.05, 0.1) is 47.0 Å². The molecule has 0 saturated carbocycles. The van der Waals surface area contributed by atoms with E-state index in [-0.39, 0.29) is 50.5 Å². The SMILES string of the molecule is CC(C)(C)OC(=O)N1CCC(Oc2c(N)cc(C(F)(F)F)cc2NC(=O)c2cc(C(=O)Nc3cc(C(F)(F)F)cc(N)c3OC3CCN(C(=O)OC(C)(C)C)C3)ncn2)C1. The lowest BCUT2D eigenvalue weighted by Crippen LogP contribution is -2.36. The Bertz CT molecular complexity index is 1990. The molecule has 0 aliphatic carbocycles. The van der Waals surface area contributed by atoms with Crippen LogP contribution in [0.2, 0.25) is 0 Å². The normalized spacial score (nSPS) is 17.3. The second-order valence-corrected chi connectivity index (χ2v) is 16.0. The van der Waals surface area contributed by atoms with Gasteiger partial charge in [0.2, 0.25) is 0 Å². The molecule has 0 bridgehead atoms. The zero-order valence-corrected chi connectivity index (χ0v) is 33.3. The summed E-state index contributed by atoms with van der Waals surface area (Å²) in [5.41, 5.74) is 4.82. The van der Waals surface area contributed by atoms with Crippen molar-refractivity contribution >= 4 is 46.8 Å². The number of alkyl halides is 6. The van der Waals surface area contributed by atoms with Gasteiger partial charge in [-0.1, -0.05) is 0 Å². The highest BCUT2D eigenvalue weighted by atomic mass is 19.4. The van der Waals surface area contributed by atoms with E-state index in [1.165, 1.54) is 9.80 Å². The largest absolute Gasteiger partial charge is 0.484 e. The van der Waals surface area contributed by atoms with Crippen LogP contribution in [-0.2, 0) is 21.8 Å². The second-order valence-electron chi connectivity index (χ2n) is 16.0. The summed E-state index contributed by atoms with van der Waals surface area (Å²) in [5, 5.41) is 4.54. The lowest BCUT2D eigenvalue weighted by molar-refractivity contribution is -0.138. The molecule has 2 unspecified atom stereocenters. The molecule has 326 valence electrons. The number of hydrogen-bond donors (Lipinski definition) is 4. The van der Waals surface area contributed by atoms with Gasteiger partial charge in [0.15, 0.2) is 11.5 Å². The van der Waals surface area contributed by atoms with Crippen LogP contribution in [0.4, 0.5) is 58.7 Å². The van der Waals surface area contributed by atoms with Crippen LogP contribution in [0.15, 0.2) is 36.7 Å². The quantitative estimate of drug-likeness (QED) is 0.134. The lowest BCUT2D eigenvalue weighted by Gasteiger charge is -2.25. The minimum absolute atomic E-state index is 0.0113. The first kappa shape index (κ1) is 44.9. The van der Waals surface area contributed by atoms with E-state index < -0.39 is 105 Å². The predicted molar refractivity (Wildman–Crippen MR) is 203 cm³/mol. The van der Waals surface area contributed by atoms with Crippen molar-refractivity contribution in [2.45, 2.75) is 90.1 Å². The third-order valence-electron chi connectivity index (χ3n) is 8.68. The zero-order chi connectivity index (χ0) is 44.5. The van der Waals surface area contributed by atoms with Crippen molar-refractivity contribution in [1.29, 1.82) is 0 Å².